The van der Waals surface area contributed by atoms with Gasteiger partial charge in [-0.3, -0.25) is 9.79 Å². The summed E-state index contributed by atoms with van der Waals surface area (Å²) in [5.41, 5.74) is 8.39. The van der Waals surface area contributed by atoms with Gasteiger partial charge in [-0.15, -0.1) is 24.0 Å². The number of aliphatic imine (C=N–C) groups is 1. The molecule has 0 aromatic heterocycles. The molecule has 0 saturated heterocycles. The fourth-order valence-electron chi connectivity index (χ4n) is 1.96. The average molecular weight is 459 g/mol. The van der Waals surface area contributed by atoms with Crippen LogP contribution in [-0.4, -0.2) is 25.0 Å². The number of aryl methyl sites for hydroxylation is 1. The number of rotatable bonds is 5. The average Bonchev–Trinajstić information content (AvgIpc) is 2.52. The number of nitrogens with zero attached hydrogens (tertiary/aromatic N) is 1. The third kappa shape index (κ3) is 6.76. The highest BCUT2D eigenvalue weighted by molar-refractivity contribution is 14.0. The maximum absolute atomic E-state index is 11.9. The number of nitrogens with one attached hydrogen (secondary N) is 2. The van der Waals surface area contributed by atoms with Gasteiger partial charge < -0.3 is 16.4 Å². The van der Waals surface area contributed by atoms with Crippen LogP contribution in [0, 0.1) is 6.92 Å². The summed E-state index contributed by atoms with van der Waals surface area (Å²) in [7, 11) is 0. The number of hydrogen-bond donors (Lipinski definition) is 3. The van der Waals surface area contributed by atoms with Crippen molar-refractivity contribution in [3.63, 3.8) is 0 Å². The van der Waals surface area contributed by atoms with E-state index >= 15 is 0 Å². The lowest BCUT2D eigenvalue weighted by molar-refractivity contribution is 0.0955. The number of nitrogens with two attached hydrogens (primary N) is 1. The van der Waals surface area contributed by atoms with E-state index in [-0.39, 0.29) is 29.9 Å². The molecule has 0 saturated carbocycles. The van der Waals surface area contributed by atoms with E-state index in [1.807, 2.05) is 31.2 Å². The Hall–Kier alpha value is -1.80. The first-order valence-electron chi connectivity index (χ1n) is 7.22. The summed E-state index contributed by atoms with van der Waals surface area (Å²) in [6.45, 7) is 2.80. The number of amides is 1. The maximum atomic E-state index is 11.9. The normalized spacial score (nSPS) is 10.7. The van der Waals surface area contributed by atoms with Crippen LogP contribution in [0.15, 0.2) is 53.5 Å². The van der Waals surface area contributed by atoms with Crippen molar-refractivity contribution >= 4 is 53.1 Å². The van der Waals surface area contributed by atoms with Gasteiger partial charge in [0.15, 0.2) is 5.96 Å². The lowest BCUT2D eigenvalue weighted by Gasteiger charge is -2.07. The monoisotopic (exact) mass is 458 g/mol. The summed E-state index contributed by atoms with van der Waals surface area (Å²) >= 11 is 5.78. The zero-order valence-electron chi connectivity index (χ0n) is 13.3. The Kier molecular flexibility index (Phi) is 8.56. The molecule has 128 valence electrons. The Balaban J connectivity index is 0.00000288. The minimum absolute atomic E-state index is 0. The van der Waals surface area contributed by atoms with Crippen molar-refractivity contribution in [1.82, 2.24) is 5.32 Å². The molecule has 0 aliphatic carbocycles. The van der Waals surface area contributed by atoms with Gasteiger partial charge in [0.25, 0.3) is 5.91 Å². The quantitative estimate of drug-likeness (QED) is 0.278. The molecule has 2 aromatic rings. The smallest absolute Gasteiger partial charge is 0.251 e. The van der Waals surface area contributed by atoms with E-state index in [0.29, 0.717) is 29.6 Å². The molecule has 5 nitrogen and oxygen atoms in total. The van der Waals surface area contributed by atoms with E-state index in [1.54, 1.807) is 24.3 Å². The first-order chi connectivity index (χ1) is 11.0. The molecule has 4 N–H and O–H groups in total. The molecule has 0 fully saturated rings. The molecule has 24 heavy (non-hydrogen) atoms. The van der Waals surface area contributed by atoms with Crippen molar-refractivity contribution in [2.24, 2.45) is 10.7 Å². The molecule has 0 atom stereocenters. The Morgan fingerprint density at radius 3 is 2.58 bits per heavy atom. The fourth-order valence-corrected chi connectivity index (χ4v) is 2.09. The molecule has 0 aliphatic rings. The molecular formula is C17H20ClIN4O. The maximum Gasteiger partial charge on any atom is 0.251 e. The molecule has 2 rings (SSSR count). The highest BCUT2D eigenvalue weighted by Gasteiger charge is 2.03. The van der Waals surface area contributed by atoms with Crippen LogP contribution in [0.1, 0.15) is 15.9 Å². The van der Waals surface area contributed by atoms with Crippen LogP contribution < -0.4 is 16.4 Å². The van der Waals surface area contributed by atoms with Gasteiger partial charge in [-0.2, -0.15) is 0 Å². The van der Waals surface area contributed by atoms with Crippen molar-refractivity contribution in [2.75, 3.05) is 18.4 Å². The predicted octanol–water partition coefficient (Wildman–Crippen LogP) is 3.42. The molecule has 7 heteroatoms. The number of carbonyl (C=O) groups excluding carboxylic acids is 1. The molecule has 1 amide bonds. The van der Waals surface area contributed by atoms with Crippen LogP contribution in [0.25, 0.3) is 0 Å². The molecule has 0 radical (unpaired) electrons. The van der Waals surface area contributed by atoms with E-state index < -0.39 is 0 Å². The van der Waals surface area contributed by atoms with Gasteiger partial charge in [-0.25, -0.2) is 0 Å². The van der Waals surface area contributed by atoms with Crippen molar-refractivity contribution in [3.05, 3.63) is 64.7 Å². The lowest BCUT2D eigenvalue weighted by Crippen LogP contribution is -2.28. The van der Waals surface area contributed by atoms with E-state index in [4.69, 9.17) is 17.3 Å². The molecule has 0 spiro atoms. The molecule has 2 aromatic carbocycles. The van der Waals surface area contributed by atoms with Crippen LogP contribution in [0.3, 0.4) is 0 Å². The molecule has 0 aliphatic heterocycles. The van der Waals surface area contributed by atoms with E-state index in [2.05, 4.69) is 15.6 Å². The minimum Gasteiger partial charge on any atom is -0.370 e. The second kappa shape index (κ2) is 10.1. The van der Waals surface area contributed by atoms with Crippen LogP contribution in [-0.2, 0) is 0 Å². The molecular weight excluding hydrogens is 439 g/mol. The largest absolute Gasteiger partial charge is 0.370 e. The van der Waals surface area contributed by atoms with Gasteiger partial charge in [0.2, 0.25) is 0 Å². The fraction of sp³-hybridized carbons (Fsp3) is 0.176. The van der Waals surface area contributed by atoms with Crippen molar-refractivity contribution < 1.29 is 4.79 Å². The summed E-state index contributed by atoms with van der Waals surface area (Å²) in [6.07, 6.45) is 0. The third-order valence-corrected chi connectivity index (χ3v) is 3.33. The van der Waals surface area contributed by atoms with Gasteiger partial charge >= 0.3 is 0 Å². The Bertz CT molecular complexity index is 704. The van der Waals surface area contributed by atoms with E-state index in [0.717, 1.165) is 11.3 Å². The van der Waals surface area contributed by atoms with Crippen LogP contribution in [0.2, 0.25) is 5.02 Å². The van der Waals surface area contributed by atoms with E-state index in [1.165, 1.54) is 0 Å². The van der Waals surface area contributed by atoms with Crippen LogP contribution in [0.4, 0.5) is 5.69 Å². The van der Waals surface area contributed by atoms with Crippen molar-refractivity contribution in [1.29, 1.82) is 0 Å². The Labute approximate surface area is 163 Å². The zero-order chi connectivity index (χ0) is 16.7. The van der Waals surface area contributed by atoms with Gasteiger partial charge in [-0.05, 0) is 48.9 Å². The first-order valence-corrected chi connectivity index (χ1v) is 7.60. The minimum atomic E-state index is -0.165. The van der Waals surface area contributed by atoms with Crippen LogP contribution in [0.5, 0.6) is 0 Å². The lowest BCUT2D eigenvalue weighted by atomic mass is 10.2. The number of halogens is 2. The van der Waals surface area contributed by atoms with Gasteiger partial charge in [0.05, 0.1) is 6.54 Å². The number of hydrogen-bond acceptors (Lipinski definition) is 2. The molecule has 0 heterocycles. The molecule has 0 bridgehead atoms. The van der Waals surface area contributed by atoms with Gasteiger partial charge in [0, 0.05) is 22.8 Å². The SMILES string of the molecule is Cc1cccc(NC(N)=NCCNC(=O)c2ccc(Cl)cc2)c1.I. The first kappa shape index (κ1) is 20.2. The van der Waals surface area contributed by atoms with Gasteiger partial charge in [0.1, 0.15) is 0 Å². The van der Waals surface area contributed by atoms with E-state index in [9.17, 15) is 4.79 Å². The topological polar surface area (TPSA) is 79.5 Å². The zero-order valence-corrected chi connectivity index (χ0v) is 16.3. The third-order valence-electron chi connectivity index (χ3n) is 3.08. The number of benzene rings is 2. The van der Waals surface area contributed by atoms with Crippen molar-refractivity contribution in [2.45, 2.75) is 6.92 Å². The number of guanidine groups is 1. The Morgan fingerprint density at radius 1 is 1.21 bits per heavy atom. The van der Waals surface area contributed by atoms with Gasteiger partial charge in [-0.1, -0.05) is 23.7 Å². The van der Waals surface area contributed by atoms with Crippen LogP contribution >= 0.6 is 35.6 Å². The summed E-state index contributed by atoms with van der Waals surface area (Å²) < 4.78 is 0. The number of anilines is 1. The molecule has 0 unspecified atom stereocenters. The second-order valence-electron chi connectivity index (χ2n) is 5.02. The van der Waals surface area contributed by atoms with Crippen molar-refractivity contribution in [3.8, 4) is 0 Å². The second-order valence-corrected chi connectivity index (χ2v) is 5.46. The summed E-state index contributed by atoms with van der Waals surface area (Å²) in [5, 5.41) is 6.38. The summed E-state index contributed by atoms with van der Waals surface area (Å²) in [4.78, 5) is 16.1. The Morgan fingerprint density at radius 2 is 1.92 bits per heavy atom. The highest BCUT2D eigenvalue weighted by Crippen LogP contribution is 2.09. The highest BCUT2D eigenvalue weighted by atomic mass is 127. The standard InChI is InChI=1S/C17H19ClN4O.HI/c1-12-3-2-4-15(11-12)22-17(19)21-10-9-20-16(23)13-5-7-14(18)8-6-13;/h2-8,11H,9-10H2,1H3,(H,20,23)(H3,19,21,22);1H. The number of carbonyl (C=O) groups is 1. The summed E-state index contributed by atoms with van der Waals surface area (Å²) in [6, 6.07) is 14.5. The summed E-state index contributed by atoms with van der Waals surface area (Å²) in [5.74, 6) is 0.151. The predicted molar refractivity (Wildman–Crippen MR) is 110 cm³/mol.